The van der Waals surface area contributed by atoms with Crippen LogP contribution >= 0.6 is 12.2 Å². The molecule has 0 aliphatic carbocycles. The van der Waals surface area contributed by atoms with Crippen molar-refractivity contribution in [3.63, 3.8) is 0 Å². The van der Waals surface area contributed by atoms with Crippen LogP contribution in [0, 0.1) is 0 Å². The van der Waals surface area contributed by atoms with Crippen molar-refractivity contribution in [1.29, 1.82) is 0 Å². The zero-order valence-corrected chi connectivity index (χ0v) is 10.5. The van der Waals surface area contributed by atoms with Crippen molar-refractivity contribution in [2.75, 3.05) is 13.7 Å². The van der Waals surface area contributed by atoms with Gasteiger partial charge in [-0.1, -0.05) is 24.4 Å². The van der Waals surface area contributed by atoms with E-state index in [9.17, 15) is 4.79 Å². The highest BCUT2D eigenvalue weighted by Crippen LogP contribution is 2.32. The molecule has 0 aliphatic rings. The van der Waals surface area contributed by atoms with Gasteiger partial charge in [0.1, 0.15) is 10.6 Å². The molecule has 0 aliphatic heterocycles. The molecule has 0 bridgehead atoms. The minimum atomic E-state index is -0.492. The molecule has 0 spiro atoms. The number of nitrogens with two attached hydrogens (primary N) is 1. The fourth-order valence-electron chi connectivity index (χ4n) is 1.52. The molecule has 0 unspecified atom stereocenters. The number of furan rings is 1. The molecule has 0 saturated heterocycles. The fourth-order valence-corrected chi connectivity index (χ4v) is 1.65. The van der Waals surface area contributed by atoms with Gasteiger partial charge in [0.2, 0.25) is 5.76 Å². The normalized spacial score (nSPS) is 10.3. The number of methoxy groups -OCH3 is 1. The third-order valence-electron chi connectivity index (χ3n) is 2.34. The quantitative estimate of drug-likeness (QED) is 0.669. The molecular weight excluding hydrogens is 254 g/mol. The molecule has 2 aromatic rings. The van der Waals surface area contributed by atoms with Crippen LogP contribution in [0.4, 0.5) is 0 Å². The van der Waals surface area contributed by atoms with Crippen LogP contribution in [-0.2, 0) is 9.53 Å². The summed E-state index contributed by atoms with van der Waals surface area (Å²) < 4.78 is 15.4. The molecule has 2 N–H and O–H groups in total. The number of benzene rings is 1. The van der Waals surface area contributed by atoms with Crippen LogP contribution in [0.2, 0.25) is 0 Å². The van der Waals surface area contributed by atoms with E-state index < -0.39 is 5.97 Å². The number of ether oxygens (including phenoxy) is 2. The summed E-state index contributed by atoms with van der Waals surface area (Å²) in [6, 6.07) is 7.21. The van der Waals surface area contributed by atoms with Gasteiger partial charge in [-0.15, -0.1) is 0 Å². The molecule has 6 heteroatoms. The van der Waals surface area contributed by atoms with E-state index in [1.54, 1.807) is 12.1 Å². The van der Waals surface area contributed by atoms with Gasteiger partial charge in [0.25, 0.3) is 0 Å². The lowest BCUT2D eigenvalue weighted by Crippen LogP contribution is -2.15. The Balaban J connectivity index is 2.42. The first kappa shape index (κ1) is 12.4. The lowest BCUT2D eigenvalue weighted by molar-refractivity contribution is -0.142. The van der Waals surface area contributed by atoms with Crippen LogP contribution in [0.15, 0.2) is 28.7 Å². The van der Waals surface area contributed by atoms with Crippen molar-refractivity contribution in [2.24, 2.45) is 5.73 Å². The Labute approximate surface area is 108 Å². The van der Waals surface area contributed by atoms with Gasteiger partial charge in [-0.25, -0.2) is 4.79 Å². The lowest BCUT2D eigenvalue weighted by atomic mass is 10.2. The molecular formula is C12H11NO4S. The van der Waals surface area contributed by atoms with Crippen LogP contribution in [0.5, 0.6) is 5.75 Å². The van der Waals surface area contributed by atoms with Gasteiger partial charge < -0.3 is 19.6 Å². The van der Waals surface area contributed by atoms with E-state index >= 15 is 0 Å². The molecule has 18 heavy (non-hydrogen) atoms. The van der Waals surface area contributed by atoms with Crippen LogP contribution in [0.25, 0.3) is 11.0 Å². The number of fused-ring (bicyclic) bond motifs is 1. The van der Waals surface area contributed by atoms with Crippen LogP contribution < -0.4 is 10.5 Å². The van der Waals surface area contributed by atoms with Crippen molar-refractivity contribution < 1.29 is 18.7 Å². The average molecular weight is 265 g/mol. The highest BCUT2D eigenvalue weighted by molar-refractivity contribution is 7.80. The summed E-state index contributed by atoms with van der Waals surface area (Å²) in [6.07, 6.45) is 0. The maximum absolute atomic E-state index is 11.1. The molecule has 1 aromatic heterocycles. The van der Waals surface area contributed by atoms with Gasteiger partial charge in [-0.2, -0.15) is 0 Å². The molecule has 2 rings (SSSR count). The first-order chi connectivity index (χ1) is 8.63. The Morgan fingerprint density at radius 3 is 2.83 bits per heavy atom. The number of thiocarbonyl (C=S) groups is 1. The second kappa shape index (κ2) is 5.05. The van der Waals surface area contributed by atoms with Crippen molar-refractivity contribution in [3.8, 4) is 5.75 Å². The number of hydrogen-bond acceptors (Lipinski definition) is 5. The highest BCUT2D eigenvalue weighted by atomic mass is 32.1. The van der Waals surface area contributed by atoms with Crippen LogP contribution in [-0.4, -0.2) is 24.7 Å². The third-order valence-corrected chi connectivity index (χ3v) is 2.52. The SMILES string of the molecule is COC(=O)COc1c(C(N)=S)oc2ccccc12. The molecule has 0 fully saturated rings. The molecule has 94 valence electrons. The Morgan fingerprint density at radius 2 is 2.17 bits per heavy atom. The predicted molar refractivity (Wildman–Crippen MR) is 69.6 cm³/mol. The summed E-state index contributed by atoms with van der Waals surface area (Å²) >= 11 is 4.89. The first-order valence-corrected chi connectivity index (χ1v) is 5.55. The van der Waals surface area contributed by atoms with Gasteiger partial charge in [0.05, 0.1) is 12.5 Å². The second-order valence-corrected chi connectivity index (χ2v) is 3.93. The van der Waals surface area contributed by atoms with Crippen molar-refractivity contribution in [2.45, 2.75) is 0 Å². The maximum Gasteiger partial charge on any atom is 0.343 e. The zero-order chi connectivity index (χ0) is 13.1. The van der Waals surface area contributed by atoms with E-state index in [1.165, 1.54) is 7.11 Å². The second-order valence-electron chi connectivity index (χ2n) is 3.49. The Morgan fingerprint density at radius 1 is 1.44 bits per heavy atom. The van der Waals surface area contributed by atoms with Gasteiger partial charge in [-0.3, -0.25) is 0 Å². The van der Waals surface area contributed by atoms with E-state index in [-0.39, 0.29) is 17.4 Å². The molecule has 0 amide bonds. The summed E-state index contributed by atoms with van der Waals surface area (Å²) in [4.78, 5) is 11.2. The molecule has 0 atom stereocenters. The predicted octanol–water partition coefficient (Wildman–Crippen LogP) is 1.62. The summed E-state index contributed by atoms with van der Waals surface area (Å²) in [7, 11) is 1.29. The first-order valence-electron chi connectivity index (χ1n) is 5.14. The summed E-state index contributed by atoms with van der Waals surface area (Å²) in [5, 5.41) is 0.712. The Bertz CT molecular complexity index is 605. The molecule has 0 radical (unpaired) electrons. The molecule has 1 aromatic carbocycles. The topological polar surface area (TPSA) is 74.7 Å². The number of esters is 1. The van der Waals surface area contributed by atoms with E-state index in [1.807, 2.05) is 12.1 Å². The van der Waals surface area contributed by atoms with Crippen LogP contribution in [0.3, 0.4) is 0 Å². The molecule has 5 nitrogen and oxygen atoms in total. The monoisotopic (exact) mass is 265 g/mol. The number of carbonyl (C=O) groups excluding carboxylic acids is 1. The van der Waals surface area contributed by atoms with E-state index in [2.05, 4.69) is 4.74 Å². The number of rotatable bonds is 4. The van der Waals surface area contributed by atoms with E-state index in [4.69, 9.17) is 27.1 Å². The minimum absolute atomic E-state index is 0.0751. The smallest absolute Gasteiger partial charge is 0.343 e. The van der Waals surface area contributed by atoms with Crippen molar-refractivity contribution in [3.05, 3.63) is 30.0 Å². The standard InChI is InChI=1S/C12H11NO4S/c1-15-9(14)6-16-10-7-4-2-3-5-8(7)17-11(10)12(13)18/h2-5H,6H2,1H3,(H2,13,18). The average Bonchev–Trinajstić information content (AvgIpc) is 2.75. The van der Waals surface area contributed by atoms with Gasteiger partial charge in [0.15, 0.2) is 12.4 Å². The summed E-state index contributed by atoms with van der Waals surface area (Å²) in [6.45, 7) is -0.227. The molecule has 1 heterocycles. The lowest BCUT2D eigenvalue weighted by Gasteiger charge is -2.04. The number of carbonyl (C=O) groups is 1. The van der Waals surface area contributed by atoms with E-state index in [0.717, 1.165) is 0 Å². The van der Waals surface area contributed by atoms with Crippen LogP contribution in [0.1, 0.15) is 5.76 Å². The van der Waals surface area contributed by atoms with Gasteiger partial charge >= 0.3 is 5.97 Å². The highest BCUT2D eigenvalue weighted by Gasteiger charge is 2.18. The third kappa shape index (κ3) is 2.28. The Hall–Kier alpha value is -2.08. The zero-order valence-electron chi connectivity index (χ0n) is 9.64. The summed E-state index contributed by atoms with van der Waals surface area (Å²) in [5.41, 5.74) is 6.16. The number of para-hydroxylation sites is 1. The fraction of sp³-hybridized carbons (Fsp3) is 0.167. The number of hydrogen-bond donors (Lipinski definition) is 1. The van der Waals surface area contributed by atoms with Crippen molar-refractivity contribution in [1.82, 2.24) is 0 Å². The minimum Gasteiger partial charge on any atom is -0.477 e. The van der Waals surface area contributed by atoms with Gasteiger partial charge in [0, 0.05) is 0 Å². The Kier molecular flexibility index (Phi) is 3.47. The van der Waals surface area contributed by atoms with Gasteiger partial charge in [-0.05, 0) is 12.1 Å². The maximum atomic E-state index is 11.1. The summed E-state index contributed by atoms with van der Waals surface area (Å²) in [5.74, 6) is 0.132. The van der Waals surface area contributed by atoms with Crippen molar-refractivity contribution >= 4 is 34.1 Å². The largest absolute Gasteiger partial charge is 0.477 e. The van der Waals surface area contributed by atoms with E-state index in [0.29, 0.717) is 16.7 Å². The molecule has 0 saturated carbocycles.